The Morgan fingerprint density at radius 1 is 0.923 bits per heavy atom. The molecule has 0 saturated heterocycles. The second-order valence-electron chi connectivity index (χ2n) is 9.34. The lowest BCUT2D eigenvalue weighted by Crippen LogP contribution is -2.29. The molecule has 0 bridgehead atoms. The van der Waals surface area contributed by atoms with E-state index in [9.17, 15) is 14.4 Å². The number of ketones is 1. The molecule has 6 nitrogen and oxygen atoms in total. The van der Waals surface area contributed by atoms with Crippen LogP contribution < -0.4 is 15.1 Å². The number of hydrogen-bond acceptors (Lipinski definition) is 5. The molecule has 2 heterocycles. The number of ether oxygens (including phenoxy) is 1. The lowest BCUT2D eigenvalue weighted by molar-refractivity contribution is 0.0970. The van der Waals surface area contributed by atoms with Gasteiger partial charge in [0.1, 0.15) is 17.9 Å². The highest BCUT2D eigenvalue weighted by atomic mass is 35.5. The van der Waals surface area contributed by atoms with Gasteiger partial charge in [-0.15, -0.1) is 0 Å². The van der Waals surface area contributed by atoms with Crippen LogP contribution >= 0.6 is 11.6 Å². The largest absolute Gasteiger partial charge is 0.489 e. The Hall–Kier alpha value is -4.68. The van der Waals surface area contributed by atoms with Crippen LogP contribution in [0.25, 0.3) is 11.0 Å². The third-order valence-corrected chi connectivity index (χ3v) is 7.06. The van der Waals surface area contributed by atoms with Gasteiger partial charge < -0.3 is 9.15 Å². The molecule has 0 N–H and O–H groups in total. The van der Waals surface area contributed by atoms with E-state index in [2.05, 4.69) is 0 Å². The minimum atomic E-state index is -0.751. The van der Waals surface area contributed by atoms with E-state index in [1.165, 1.54) is 11.8 Å². The van der Waals surface area contributed by atoms with Gasteiger partial charge in [0.15, 0.2) is 11.2 Å². The molecule has 192 valence electrons. The van der Waals surface area contributed by atoms with Crippen molar-refractivity contribution in [1.29, 1.82) is 0 Å². The summed E-state index contributed by atoms with van der Waals surface area (Å²) in [5.41, 5.74) is 3.01. The van der Waals surface area contributed by atoms with Gasteiger partial charge in [0.2, 0.25) is 5.76 Å². The molecule has 5 aromatic rings. The third-order valence-electron chi connectivity index (χ3n) is 6.83. The summed E-state index contributed by atoms with van der Waals surface area (Å²) in [6.45, 7) is 1.89. The van der Waals surface area contributed by atoms with Crippen molar-refractivity contribution in [2.24, 2.45) is 0 Å². The van der Waals surface area contributed by atoms with Crippen LogP contribution in [0.15, 0.2) is 106 Å². The van der Waals surface area contributed by atoms with Crippen molar-refractivity contribution in [1.82, 2.24) is 0 Å². The number of fused-ring (bicyclic) bond motifs is 2. The molecule has 1 atom stereocenters. The zero-order valence-electron chi connectivity index (χ0n) is 20.9. The summed E-state index contributed by atoms with van der Waals surface area (Å²) in [6.07, 6.45) is 0. The molecule has 1 unspecified atom stereocenters. The molecule has 39 heavy (non-hydrogen) atoms. The number of hydrogen-bond donors (Lipinski definition) is 0. The SMILES string of the molecule is CC(=O)c1ccc(N2C(=O)c3oc4ccc(Cl)cc4c(=O)c3C2c2ccc(OCc3ccccc3)cc2)cc1. The van der Waals surface area contributed by atoms with Crippen molar-refractivity contribution in [3.05, 3.63) is 140 Å². The van der Waals surface area contributed by atoms with E-state index in [1.807, 2.05) is 54.6 Å². The molecular weight excluding hydrogens is 514 g/mol. The van der Waals surface area contributed by atoms with Gasteiger partial charge in [0.25, 0.3) is 5.91 Å². The van der Waals surface area contributed by atoms with Gasteiger partial charge in [0, 0.05) is 16.3 Å². The molecule has 1 aliphatic heterocycles. The molecule has 1 amide bonds. The monoisotopic (exact) mass is 535 g/mol. The third kappa shape index (κ3) is 4.49. The maximum atomic E-state index is 13.8. The van der Waals surface area contributed by atoms with Crippen LogP contribution in [0.2, 0.25) is 5.02 Å². The number of halogens is 1. The quantitative estimate of drug-likeness (QED) is 0.219. The summed E-state index contributed by atoms with van der Waals surface area (Å²) in [4.78, 5) is 40.9. The molecule has 0 fully saturated rings. The minimum absolute atomic E-state index is 0.0140. The van der Waals surface area contributed by atoms with Crippen molar-refractivity contribution in [3.8, 4) is 5.75 Å². The fourth-order valence-corrected chi connectivity index (χ4v) is 5.04. The van der Waals surface area contributed by atoms with E-state index in [4.69, 9.17) is 20.8 Å². The number of nitrogens with zero attached hydrogens (tertiary/aromatic N) is 1. The van der Waals surface area contributed by atoms with Crippen LogP contribution in [0.1, 0.15) is 50.6 Å². The van der Waals surface area contributed by atoms with Crippen LogP contribution in [-0.2, 0) is 6.61 Å². The van der Waals surface area contributed by atoms with E-state index in [0.29, 0.717) is 39.6 Å². The topological polar surface area (TPSA) is 76.8 Å². The number of rotatable bonds is 6. The highest BCUT2D eigenvalue weighted by molar-refractivity contribution is 6.31. The van der Waals surface area contributed by atoms with Crippen molar-refractivity contribution in [2.45, 2.75) is 19.6 Å². The Balaban J connectivity index is 1.44. The Kier molecular flexibility index (Phi) is 6.25. The minimum Gasteiger partial charge on any atom is -0.489 e. The Morgan fingerprint density at radius 3 is 2.33 bits per heavy atom. The van der Waals surface area contributed by atoms with Gasteiger partial charge in [-0.25, -0.2) is 0 Å². The van der Waals surface area contributed by atoms with Crippen LogP contribution in [0.5, 0.6) is 5.75 Å². The summed E-state index contributed by atoms with van der Waals surface area (Å²) in [6, 6.07) is 27.9. The molecule has 1 aliphatic rings. The van der Waals surface area contributed by atoms with Gasteiger partial charge in [-0.3, -0.25) is 19.3 Å². The molecule has 6 rings (SSSR count). The number of carbonyl (C=O) groups is 2. The maximum absolute atomic E-state index is 13.8. The number of amides is 1. The van der Waals surface area contributed by atoms with Crippen molar-refractivity contribution >= 4 is 39.9 Å². The summed E-state index contributed by atoms with van der Waals surface area (Å²) in [7, 11) is 0. The van der Waals surface area contributed by atoms with E-state index in [1.54, 1.807) is 42.5 Å². The first kappa shape index (κ1) is 24.6. The van der Waals surface area contributed by atoms with E-state index in [-0.39, 0.29) is 28.1 Å². The first-order chi connectivity index (χ1) is 18.9. The molecule has 4 aromatic carbocycles. The van der Waals surface area contributed by atoms with Gasteiger partial charge in [-0.05, 0) is 72.6 Å². The van der Waals surface area contributed by atoms with Gasteiger partial charge in [0.05, 0.1) is 17.0 Å². The van der Waals surface area contributed by atoms with Crippen molar-refractivity contribution in [2.75, 3.05) is 4.90 Å². The molecule has 1 aromatic heterocycles. The molecular formula is C32H22ClNO5. The van der Waals surface area contributed by atoms with Crippen molar-refractivity contribution < 1.29 is 18.7 Å². The first-order valence-corrected chi connectivity index (χ1v) is 12.8. The van der Waals surface area contributed by atoms with Crippen molar-refractivity contribution in [3.63, 3.8) is 0 Å². The fraction of sp³-hybridized carbons (Fsp3) is 0.0938. The number of carbonyl (C=O) groups excluding carboxylic acids is 2. The molecule has 0 spiro atoms. The van der Waals surface area contributed by atoms with E-state index < -0.39 is 11.9 Å². The zero-order chi connectivity index (χ0) is 27.1. The normalized spacial score (nSPS) is 14.5. The number of anilines is 1. The lowest BCUT2D eigenvalue weighted by Gasteiger charge is -2.25. The van der Waals surface area contributed by atoms with Gasteiger partial charge >= 0.3 is 0 Å². The average Bonchev–Trinajstić information content (AvgIpc) is 3.25. The second kappa shape index (κ2) is 9.89. The molecule has 0 aliphatic carbocycles. The van der Waals surface area contributed by atoms with Crippen LogP contribution in [0.4, 0.5) is 5.69 Å². The van der Waals surface area contributed by atoms with Crippen LogP contribution in [0.3, 0.4) is 0 Å². The number of Topliss-reactive ketones (excluding diaryl/α,β-unsaturated/α-hetero) is 1. The Morgan fingerprint density at radius 2 is 1.64 bits per heavy atom. The highest BCUT2D eigenvalue weighted by Crippen LogP contribution is 2.41. The summed E-state index contributed by atoms with van der Waals surface area (Å²) >= 11 is 6.18. The fourth-order valence-electron chi connectivity index (χ4n) is 4.87. The standard InChI is InChI=1S/C32H22ClNO5/c1-19(35)21-7-12-24(13-8-21)34-29(22-9-14-25(15-10-22)38-18-20-5-3-2-4-6-20)28-30(36)26-17-23(33)11-16-27(26)39-31(28)32(34)37/h2-17,29H,18H2,1H3. The predicted molar refractivity (Wildman–Crippen MR) is 150 cm³/mol. The van der Waals surface area contributed by atoms with Crippen LogP contribution in [0, 0.1) is 0 Å². The number of benzene rings is 4. The Bertz CT molecular complexity index is 1780. The zero-order valence-corrected chi connectivity index (χ0v) is 21.6. The highest BCUT2D eigenvalue weighted by Gasteiger charge is 2.43. The smallest absolute Gasteiger partial charge is 0.295 e. The van der Waals surface area contributed by atoms with Crippen LogP contribution in [-0.4, -0.2) is 11.7 Å². The second-order valence-corrected chi connectivity index (χ2v) is 9.77. The maximum Gasteiger partial charge on any atom is 0.295 e. The van der Waals surface area contributed by atoms with E-state index in [0.717, 1.165) is 5.56 Å². The predicted octanol–water partition coefficient (Wildman–Crippen LogP) is 6.98. The van der Waals surface area contributed by atoms with Gasteiger partial charge in [-0.1, -0.05) is 54.1 Å². The average molecular weight is 536 g/mol. The van der Waals surface area contributed by atoms with E-state index >= 15 is 0 Å². The molecule has 0 radical (unpaired) electrons. The summed E-state index contributed by atoms with van der Waals surface area (Å²) in [5.74, 6) is 0.117. The first-order valence-electron chi connectivity index (χ1n) is 12.4. The Labute approximate surface area is 229 Å². The molecule has 0 saturated carbocycles. The summed E-state index contributed by atoms with van der Waals surface area (Å²) < 4.78 is 11.9. The summed E-state index contributed by atoms with van der Waals surface area (Å²) in [5, 5.41) is 0.697. The lowest BCUT2D eigenvalue weighted by atomic mass is 9.98. The molecule has 7 heteroatoms. The van der Waals surface area contributed by atoms with Gasteiger partial charge in [-0.2, -0.15) is 0 Å².